The van der Waals surface area contributed by atoms with E-state index < -0.39 is 0 Å². The van der Waals surface area contributed by atoms with E-state index in [2.05, 4.69) is 4.98 Å². The summed E-state index contributed by atoms with van der Waals surface area (Å²) in [5.41, 5.74) is 1.21. The van der Waals surface area contributed by atoms with Crippen LogP contribution in [0, 0.1) is 5.39 Å². The summed E-state index contributed by atoms with van der Waals surface area (Å²) in [7, 11) is 6.85. The number of rotatable bonds is 3. The third-order valence-electron chi connectivity index (χ3n) is 2.07. The van der Waals surface area contributed by atoms with Crippen LogP contribution >= 0.6 is 0 Å². The fourth-order valence-corrected chi connectivity index (χ4v) is 1.37. The zero-order chi connectivity index (χ0) is 11.4. The number of ether oxygens (including phenoxy) is 2. The maximum absolute atomic E-state index is 8.77. The average Bonchev–Trinajstić information content (AvgIpc) is 2.26. The largest absolute Gasteiger partial charge is 0.491 e. The van der Waals surface area contributed by atoms with E-state index in [1.165, 1.54) is 7.11 Å². The first-order chi connectivity index (χ1) is 7.15. The highest BCUT2D eigenvalue weighted by Crippen LogP contribution is 2.43. The predicted octanol–water partition coefficient (Wildman–Crippen LogP) is 2.25. The first-order valence-electron chi connectivity index (χ1n) is 4.43. The van der Waals surface area contributed by atoms with Crippen molar-refractivity contribution in [3.8, 4) is 11.5 Å². The van der Waals surface area contributed by atoms with Crippen molar-refractivity contribution in [1.29, 1.82) is 5.39 Å². The standard InChI is InChI=1S/C10H14N3O2/c1-13(2)8-6-5-7(12-11)9(14-3)10(8)15-4/h5-6H,1-4H3/q+1. The van der Waals surface area contributed by atoms with E-state index in [-0.39, 0.29) is 0 Å². The summed E-state index contributed by atoms with van der Waals surface area (Å²) >= 11 is 0. The minimum absolute atomic E-state index is 0.347. The van der Waals surface area contributed by atoms with Crippen LogP contribution in [0.2, 0.25) is 0 Å². The summed E-state index contributed by atoms with van der Waals surface area (Å²) < 4.78 is 10.4. The smallest absolute Gasteiger partial charge is 0.430 e. The van der Waals surface area contributed by atoms with Gasteiger partial charge in [-0.3, -0.25) is 0 Å². The zero-order valence-electron chi connectivity index (χ0n) is 9.31. The van der Waals surface area contributed by atoms with Crippen LogP contribution in [-0.4, -0.2) is 28.3 Å². The molecule has 0 amide bonds. The van der Waals surface area contributed by atoms with Crippen molar-refractivity contribution in [2.45, 2.75) is 0 Å². The minimum atomic E-state index is 0.347. The molecule has 1 aromatic rings. The van der Waals surface area contributed by atoms with Crippen molar-refractivity contribution in [1.82, 2.24) is 0 Å². The third-order valence-corrected chi connectivity index (χ3v) is 2.07. The number of diazo groups is 1. The van der Waals surface area contributed by atoms with Gasteiger partial charge in [-0.25, -0.2) is 0 Å². The van der Waals surface area contributed by atoms with Gasteiger partial charge in [-0.15, -0.1) is 0 Å². The molecule has 0 aliphatic heterocycles. The van der Waals surface area contributed by atoms with Crippen molar-refractivity contribution < 1.29 is 9.47 Å². The number of hydrogen-bond acceptors (Lipinski definition) is 4. The Morgan fingerprint density at radius 1 is 1.13 bits per heavy atom. The molecule has 0 saturated heterocycles. The van der Waals surface area contributed by atoms with Crippen LogP contribution in [0.15, 0.2) is 12.1 Å². The lowest BCUT2D eigenvalue weighted by atomic mass is 10.2. The Labute approximate surface area is 88.8 Å². The average molecular weight is 208 g/mol. The van der Waals surface area contributed by atoms with Gasteiger partial charge in [-0.05, 0) is 6.07 Å². The van der Waals surface area contributed by atoms with Crippen molar-refractivity contribution >= 4 is 11.4 Å². The Bertz CT molecular complexity index is 396. The van der Waals surface area contributed by atoms with Gasteiger partial charge >= 0.3 is 5.69 Å². The summed E-state index contributed by atoms with van der Waals surface area (Å²) in [6.45, 7) is 0. The molecule has 15 heavy (non-hydrogen) atoms. The van der Waals surface area contributed by atoms with E-state index in [9.17, 15) is 0 Å². The van der Waals surface area contributed by atoms with Crippen molar-refractivity contribution in [3.05, 3.63) is 17.1 Å². The number of anilines is 1. The summed E-state index contributed by atoms with van der Waals surface area (Å²) in [5, 5.41) is 8.77. The predicted molar refractivity (Wildman–Crippen MR) is 58.6 cm³/mol. The van der Waals surface area contributed by atoms with Gasteiger partial charge < -0.3 is 14.4 Å². The van der Waals surface area contributed by atoms with Crippen molar-refractivity contribution in [2.75, 3.05) is 33.2 Å². The van der Waals surface area contributed by atoms with Crippen LogP contribution in [0.1, 0.15) is 0 Å². The highest BCUT2D eigenvalue weighted by molar-refractivity contribution is 5.74. The van der Waals surface area contributed by atoms with E-state index >= 15 is 0 Å². The Hall–Kier alpha value is -1.96. The number of hydrogen-bond donors (Lipinski definition) is 0. The summed E-state index contributed by atoms with van der Waals surface area (Å²) in [5.74, 6) is 0.976. The molecule has 0 spiro atoms. The maximum atomic E-state index is 8.77. The van der Waals surface area contributed by atoms with Gasteiger partial charge in [-0.1, -0.05) is 0 Å². The third kappa shape index (κ3) is 1.94. The van der Waals surface area contributed by atoms with Crippen LogP contribution < -0.4 is 14.4 Å². The van der Waals surface area contributed by atoms with Gasteiger partial charge in [0.05, 0.1) is 19.9 Å². The molecule has 0 N–H and O–H groups in total. The van der Waals surface area contributed by atoms with Gasteiger partial charge in [0, 0.05) is 20.2 Å². The number of benzene rings is 1. The molecule has 80 valence electrons. The van der Waals surface area contributed by atoms with E-state index in [1.807, 2.05) is 19.0 Å². The van der Waals surface area contributed by atoms with E-state index in [4.69, 9.17) is 14.9 Å². The van der Waals surface area contributed by atoms with Crippen molar-refractivity contribution in [3.63, 3.8) is 0 Å². The second kappa shape index (κ2) is 4.51. The molecular weight excluding hydrogens is 194 g/mol. The van der Waals surface area contributed by atoms with Crippen LogP contribution in [0.3, 0.4) is 0 Å². The molecule has 0 bridgehead atoms. The molecule has 0 aliphatic carbocycles. The number of nitrogens with zero attached hydrogens (tertiary/aromatic N) is 3. The molecule has 1 aromatic carbocycles. The molecule has 1 rings (SSSR count). The minimum Gasteiger partial charge on any atom is -0.491 e. The molecule has 0 fully saturated rings. The Kier molecular flexibility index (Phi) is 3.34. The Morgan fingerprint density at radius 3 is 2.13 bits per heavy atom. The molecule has 0 aromatic heterocycles. The SMILES string of the molecule is COc1c([N+]#N)ccc(N(C)C)c1OC. The Balaban J connectivity index is 3.42. The van der Waals surface area contributed by atoms with Gasteiger partial charge in [0.15, 0.2) is 10.7 Å². The molecule has 0 heterocycles. The lowest BCUT2D eigenvalue weighted by Gasteiger charge is -2.17. The van der Waals surface area contributed by atoms with E-state index in [0.29, 0.717) is 17.2 Å². The van der Waals surface area contributed by atoms with Gasteiger partial charge in [-0.2, -0.15) is 0 Å². The summed E-state index contributed by atoms with van der Waals surface area (Å²) in [4.78, 5) is 5.02. The lowest BCUT2D eigenvalue weighted by molar-refractivity contribution is 0.357. The molecule has 0 atom stereocenters. The second-order valence-electron chi connectivity index (χ2n) is 3.16. The first-order valence-corrected chi connectivity index (χ1v) is 4.43. The second-order valence-corrected chi connectivity index (χ2v) is 3.16. The monoisotopic (exact) mass is 208 g/mol. The first kappa shape index (κ1) is 11.1. The van der Waals surface area contributed by atoms with E-state index in [0.717, 1.165) is 5.69 Å². The number of methoxy groups -OCH3 is 2. The fraction of sp³-hybridized carbons (Fsp3) is 0.400. The van der Waals surface area contributed by atoms with Gasteiger partial charge in [0.25, 0.3) is 5.75 Å². The highest BCUT2D eigenvalue weighted by Gasteiger charge is 2.23. The Morgan fingerprint density at radius 2 is 1.73 bits per heavy atom. The maximum Gasteiger partial charge on any atom is 0.430 e. The molecule has 0 aliphatic rings. The molecule has 0 radical (unpaired) electrons. The molecule has 0 saturated carbocycles. The topological polar surface area (TPSA) is 49.8 Å². The van der Waals surface area contributed by atoms with Crippen molar-refractivity contribution in [2.24, 2.45) is 0 Å². The van der Waals surface area contributed by atoms with Crippen LogP contribution in [0.25, 0.3) is 4.98 Å². The summed E-state index contributed by atoms with van der Waals surface area (Å²) in [6, 6.07) is 3.47. The highest BCUT2D eigenvalue weighted by atomic mass is 16.5. The van der Waals surface area contributed by atoms with E-state index in [1.54, 1.807) is 19.2 Å². The zero-order valence-corrected chi connectivity index (χ0v) is 9.31. The van der Waals surface area contributed by atoms with Gasteiger partial charge in [0.1, 0.15) is 0 Å². The van der Waals surface area contributed by atoms with Crippen LogP contribution in [0.5, 0.6) is 11.5 Å². The van der Waals surface area contributed by atoms with Crippen LogP contribution in [0.4, 0.5) is 11.4 Å². The molecule has 5 nitrogen and oxygen atoms in total. The molecule has 5 heteroatoms. The molecule has 0 unspecified atom stereocenters. The van der Waals surface area contributed by atoms with Gasteiger partial charge in [0.2, 0.25) is 5.39 Å². The quantitative estimate of drug-likeness (QED) is 0.715. The summed E-state index contributed by atoms with van der Waals surface area (Å²) in [6.07, 6.45) is 0. The lowest BCUT2D eigenvalue weighted by Crippen LogP contribution is -2.10. The fourth-order valence-electron chi connectivity index (χ4n) is 1.37. The molecular formula is C10H14N3O2+. The normalized spacial score (nSPS) is 9.27. The van der Waals surface area contributed by atoms with Crippen LogP contribution in [-0.2, 0) is 0 Å².